The van der Waals surface area contributed by atoms with Gasteiger partial charge in [0, 0.05) is 18.5 Å². The fraction of sp³-hybridized carbons (Fsp3) is 0.200. The Morgan fingerprint density at radius 3 is 2.47 bits per heavy atom. The van der Waals surface area contributed by atoms with E-state index in [9.17, 15) is 24.8 Å². The fourth-order valence-electron chi connectivity index (χ4n) is 1.17. The number of rotatable bonds is 5. The predicted octanol–water partition coefficient (Wildman–Crippen LogP) is 0.0634. The number of amides is 1. The number of benzene rings is 1. The van der Waals surface area contributed by atoms with Crippen LogP contribution in [0.3, 0.4) is 0 Å². The average Bonchev–Trinajstić information content (AvgIpc) is 2.27. The van der Waals surface area contributed by atoms with Gasteiger partial charge in [-0.1, -0.05) is 12.1 Å². The Morgan fingerprint density at radius 1 is 1.24 bits per heavy atom. The van der Waals surface area contributed by atoms with Crippen molar-refractivity contribution in [2.45, 2.75) is 12.8 Å². The molecule has 7 nitrogen and oxygen atoms in total. The van der Waals surface area contributed by atoms with Crippen LogP contribution in [0.15, 0.2) is 24.3 Å². The minimum absolute atomic E-state index is 0.0425. The van der Waals surface area contributed by atoms with Crippen molar-refractivity contribution in [3.63, 3.8) is 0 Å². The van der Waals surface area contributed by atoms with Crippen LogP contribution >= 0.6 is 0 Å². The number of nitro groups is 1. The predicted molar refractivity (Wildman–Crippen MR) is 56.0 cm³/mol. The number of hydrogen-bond acceptors (Lipinski definition) is 5. The largest absolute Gasteiger partial charge is 0.550 e. The zero-order chi connectivity index (χ0) is 12.8. The Balaban J connectivity index is 2.71. The third-order valence-electron chi connectivity index (χ3n) is 1.93. The summed E-state index contributed by atoms with van der Waals surface area (Å²) in [5, 5.41) is 23.0. The highest BCUT2D eigenvalue weighted by molar-refractivity contribution is 5.94. The monoisotopic (exact) mass is 237 g/mol. The molecule has 1 aromatic rings. The topological polar surface area (TPSA) is 112 Å². The van der Waals surface area contributed by atoms with E-state index in [0.29, 0.717) is 0 Å². The van der Waals surface area contributed by atoms with Gasteiger partial charge >= 0.3 is 0 Å². The van der Waals surface area contributed by atoms with Gasteiger partial charge in [-0.15, -0.1) is 0 Å². The summed E-state index contributed by atoms with van der Waals surface area (Å²) in [6.45, 7) is 0. The van der Waals surface area contributed by atoms with E-state index in [0.717, 1.165) is 0 Å². The standard InChI is InChI=1S/C10H10N2O5/c13-9(5-6-10(14)15)11-7-3-1-2-4-8(7)12(16)17/h1-4H,5-6H2,(H,11,13)(H,14,15)/p-1. The maximum atomic E-state index is 11.3. The SMILES string of the molecule is O=C([O-])CCC(=O)Nc1ccccc1[N+](=O)[O-]. The Bertz CT molecular complexity index is 458. The van der Waals surface area contributed by atoms with E-state index < -0.39 is 23.2 Å². The first kappa shape index (κ1) is 12.6. The van der Waals surface area contributed by atoms with E-state index in [1.54, 1.807) is 0 Å². The lowest BCUT2D eigenvalue weighted by molar-refractivity contribution is -0.383. The molecule has 90 valence electrons. The summed E-state index contributed by atoms with van der Waals surface area (Å²) >= 11 is 0. The molecule has 0 fully saturated rings. The molecule has 0 aromatic heterocycles. The van der Waals surface area contributed by atoms with Crippen molar-refractivity contribution in [2.75, 3.05) is 5.32 Å². The van der Waals surface area contributed by atoms with Gasteiger partial charge in [-0.05, 0) is 12.5 Å². The minimum atomic E-state index is -1.34. The molecule has 0 aliphatic heterocycles. The van der Waals surface area contributed by atoms with Gasteiger partial charge in [-0.2, -0.15) is 0 Å². The van der Waals surface area contributed by atoms with Crippen molar-refractivity contribution in [1.82, 2.24) is 0 Å². The zero-order valence-corrected chi connectivity index (χ0v) is 8.71. The van der Waals surface area contributed by atoms with Gasteiger partial charge < -0.3 is 15.2 Å². The molecule has 1 amide bonds. The molecule has 0 radical (unpaired) electrons. The van der Waals surface area contributed by atoms with Gasteiger partial charge in [0.15, 0.2) is 0 Å². The van der Waals surface area contributed by atoms with Crippen LogP contribution in [0.25, 0.3) is 0 Å². The van der Waals surface area contributed by atoms with Crippen LogP contribution in [-0.4, -0.2) is 16.8 Å². The second kappa shape index (κ2) is 5.59. The van der Waals surface area contributed by atoms with Crippen molar-refractivity contribution in [3.05, 3.63) is 34.4 Å². The number of nitrogens with one attached hydrogen (secondary N) is 1. The Hall–Kier alpha value is -2.44. The molecule has 1 aromatic carbocycles. The lowest BCUT2D eigenvalue weighted by Gasteiger charge is -2.05. The van der Waals surface area contributed by atoms with Crippen molar-refractivity contribution in [3.8, 4) is 0 Å². The molecule has 1 N–H and O–H groups in total. The second-order valence-electron chi connectivity index (χ2n) is 3.19. The number of anilines is 1. The van der Waals surface area contributed by atoms with Crippen molar-refractivity contribution >= 4 is 23.3 Å². The highest BCUT2D eigenvalue weighted by Crippen LogP contribution is 2.23. The number of nitrogens with zero attached hydrogens (tertiary/aromatic N) is 1. The molecular weight excluding hydrogens is 228 g/mol. The van der Waals surface area contributed by atoms with E-state index >= 15 is 0 Å². The van der Waals surface area contributed by atoms with E-state index in [1.165, 1.54) is 24.3 Å². The third kappa shape index (κ3) is 3.90. The quantitative estimate of drug-likeness (QED) is 0.574. The van der Waals surface area contributed by atoms with E-state index in [-0.39, 0.29) is 17.8 Å². The number of carboxylic acids is 1. The zero-order valence-electron chi connectivity index (χ0n) is 8.71. The average molecular weight is 237 g/mol. The summed E-state index contributed by atoms with van der Waals surface area (Å²) in [6, 6.07) is 5.61. The number of para-hydroxylation sites is 2. The van der Waals surface area contributed by atoms with Crippen LogP contribution in [0, 0.1) is 10.1 Å². The number of carbonyl (C=O) groups is 2. The Morgan fingerprint density at radius 2 is 1.88 bits per heavy atom. The summed E-state index contributed by atoms with van der Waals surface area (Å²) in [6.07, 6.45) is -0.707. The van der Waals surface area contributed by atoms with Crippen LogP contribution < -0.4 is 10.4 Å². The fourth-order valence-corrected chi connectivity index (χ4v) is 1.17. The maximum absolute atomic E-state index is 11.3. The summed E-state index contributed by atoms with van der Waals surface area (Å²) in [5.74, 6) is -1.95. The molecule has 1 rings (SSSR count). The van der Waals surface area contributed by atoms with Gasteiger partial charge in [-0.3, -0.25) is 14.9 Å². The molecule has 0 heterocycles. The normalized spacial score (nSPS) is 9.65. The number of nitro benzene ring substituents is 1. The third-order valence-corrected chi connectivity index (χ3v) is 1.93. The van der Waals surface area contributed by atoms with Crippen molar-refractivity contribution < 1.29 is 19.6 Å². The number of aliphatic carboxylic acids is 1. The van der Waals surface area contributed by atoms with Crippen molar-refractivity contribution in [2.24, 2.45) is 0 Å². The smallest absolute Gasteiger partial charge is 0.292 e. The van der Waals surface area contributed by atoms with E-state index in [4.69, 9.17) is 0 Å². The minimum Gasteiger partial charge on any atom is -0.550 e. The van der Waals surface area contributed by atoms with Crippen LogP contribution in [0.1, 0.15) is 12.8 Å². The molecular formula is C10H9N2O5-. The second-order valence-corrected chi connectivity index (χ2v) is 3.19. The Labute approximate surface area is 96.2 Å². The molecule has 0 aliphatic carbocycles. The Kier molecular flexibility index (Phi) is 4.15. The lowest BCUT2D eigenvalue weighted by atomic mass is 10.2. The summed E-state index contributed by atoms with van der Waals surface area (Å²) in [4.78, 5) is 31.4. The van der Waals surface area contributed by atoms with Crippen LogP contribution in [0.2, 0.25) is 0 Å². The molecule has 0 spiro atoms. The molecule has 0 atom stereocenters. The summed E-state index contributed by atoms with van der Waals surface area (Å²) in [7, 11) is 0. The number of carboxylic acid groups (broad SMARTS) is 1. The molecule has 0 unspecified atom stereocenters. The highest BCUT2D eigenvalue weighted by Gasteiger charge is 2.14. The summed E-state index contributed by atoms with van der Waals surface area (Å²) in [5.41, 5.74) is -0.199. The van der Waals surface area contributed by atoms with E-state index in [2.05, 4.69) is 5.32 Å². The molecule has 0 aliphatic rings. The molecule has 0 saturated heterocycles. The maximum Gasteiger partial charge on any atom is 0.292 e. The molecule has 0 bridgehead atoms. The van der Waals surface area contributed by atoms with Gasteiger partial charge in [0.2, 0.25) is 5.91 Å². The highest BCUT2D eigenvalue weighted by atomic mass is 16.6. The number of carbonyl (C=O) groups excluding carboxylic acids is 2. The van der Waals surface area contributed by atoms with Crippen LogP contribution in [0.4, 0.5) is 11.4 Å². The first-order valence-electron chi connectivity index (χ1n) is 4.74. The van der Waals surface area contributed by atoms with Crippen LogP contribution in [-0.2, 0) is 9.59 Å². The van der Waals surface area contributed by atoms with Crippen molar-refractivity contribution in [1.29, 1.82) is 0 Å². The lowest BCUT2D eigenvalue weighted by Crippen LogP contribution is -2.24. The van der Waals surface area contributed by atoms with Gasteiger partial charge in [-0.25, -0.2) is 0 Å². The molecule has 0 saturated carbocycles. The van der Waals surface area contributed by atoms with Gasteiger partial charge in [0.25, 0.3) is 5.69 Å². The van der Waals surface area contributed by atoms with Gasteiger partial charge in [0.1, 0.15) is 5.69 Å². The molecule has 17 heavy (non-hydrogen) atoms. The first-order chi connectivity index (χ1) is 8.00. The summed E-state index contributed by atoms with van der Waals surface area (Å²) < 4.78 is 0. The van der Waals surface area contributed by atoms with E-state index in [1.807, 2.05) is 0 Å². The van der Waals surface area contributed by atoms with Gasteiger partial charge in [0.05, 0.1) is 4.92 Å². The van der Waals surface area contributed by atoms with Crippen LogP contribution in [0.5, 0.6) is 0 Å². The first-order valence-corrected chi connectivity index (χ1v) is 4.74. The molecule has 7 heteroatoms. The number of hydrogen-bond donors (Lipinski definition) is 1.